The summed E-state index contributed by atoms with van der Waals surface area (Å²) in [5, 5.41) is 5.23. The SMILES string of the molecule is Cl.Cn1c2c(c3cc(S(=O)(=O)n4ccc5cc(F)ccc54)ccc31)C1CCC(C2)N1. The van der Waals surface area contributed by atoms with Gasteiger partial charge in [0.05, 0.1) is 10.4 Å². The van der Waals surface area contributed by atoms with E-state index in [-0.39, 0.29) is 23.1 Å². The molecular formula is C22H21ClFN3O2S. The van der Waals surface area contributed by atoms with Crippen molar-refractivity contribution in [2.24, 2.45) is 7.05 Å². The Hall–Kier alpha value is -2.35. The second kappa shape index (κ2) is 6.57. The van der Waals surface area contributed by atoms with Gasteiger partial charge in [-0.2, -0.15) is 0 Å². The fourth-order valence-electron chi connectivity index (χ4n) is 5.15. The minimum absolute atomic E-state index is 0. The summed E-state index contributed by atoms with van der Waals surface area (Å²) in [5.41, 5.74) is 4.08. The maximum Gasteiger partial charge on any atom is 0.268 e. The highest BCUT2D eigenvalue weighted by Crippen LogP contribution is 2.42. The third kappa shape index (κ3) is 2.58. The van der Waals surface area contributed by atoms with Crippen molar-refractivity contribution in [3.8, 4) is 0 Å². The van der Waals surface area contributed by atoms with Crippen LogP contribution in [-0.2, 0) is 23.5 Å². The van der Waals surface area contributed by atoms with E-state index in [2.05, 4.69) is 16.9 Å². The van der Waals surface area contributed by atoms with E-state index in [1.54, 1.807) is 18.2 Å². The predicted molar refractivity (Wildman–Crippen MR) is 117 cm³/mol. The Morgan fingerprint density at radius 3 is 2.70 bits per heavy atom. The summed E-state index contributed by atoms with van der Waals surface area (Å²) in [6, 6.07) is 12.0. The molecule has 2 aromatic heterocycles. The standard InChI is InChI=1S/C22H20FN3O2S.ClH/c1-25-20-7-4-16(12-17(20)22-18-5-3-15(24-18)11-21(22)25)29(27,28)26-9-8-13-10-14(23)2-6-19(13)26;/h2,4,6-10,12,15,18,24H,3,5,11H2,1H3;1H. The van der Waals surface area contributed by atoms with E-state index in [1.165, 1.54) is 39.6 Å². The van der Waals surface area contributed by atoms with Gasteiger partial charge in [-0.25, -0.2) is 16.8 Å². The molecule has 2 atom stereocenters. The molecule has 0 saturated carbocycles. The smallest absolute Gasteiger partial charge is 0.268 e. The molecule has 4 aromatic rings. The number of nitrogens with one attached hydrogen (secondary N) is 1. The van der Waals surface area contributed by atoms with E-state index < -0.39 is 10.0 Å². The van der Waals surface area contributed by atoms with Gasteiger partial charge in [0.1, 0.15) is 5.82 Å². The van der Waals surface area contributed by atoms with Crippen molar-refractivity contribution in [2.45, 2.75) is 36.2 Å². The number of halogens is 2. The van der Waals surface area contributed by atoms with Crippen molar-refractivity contribution < 1.29 is 12.8 Å². The van der Waals surface area contributed by atoms with E-state index in [0.717, 1.165) is 30.2 Å². The van der Waals surface area contributed by atoms with Crippen LogP contribution in [0, 0.1) is 5.82 Å². The largest absolute Gasteiger partial charge is 0.347 e. The number of aromatic nitrogens is 2. The van der Waals surface area contributed by atoms with Gasteiger partial charge in [-0.3, -0.25) is 0 Å². The Morgan fingerprint density at radius 1 is 1.07 bits per heavy atom. The number of fused-ring (bicyclic) bond motifs is 7. The second-order valence-electron chi connectivity index (χ2n) is 8.12. The Kier molecular flexibility index (Phi) is 4.29. The van der Waals surface area contributed by atoms with Crippen LogP contribution in [0.15, 0.2) is 53.6 Å². The quantitative estimate of drug-likeness (QED) is 0.501. The van der Waals surface area contributed by atoms with Crippen molar-refractivity contribution >= 4 is 44.2 Å². The van der Waals surface area contributed by atoms with Gasteiger partial charge >= 0.3 is 0 Å². The van der Waals surface area contributed by atoms with E-state index in [4.69, 9.17) is 0 Å². The molecule has 0 spiro atoms. The summed E-state index contributed by atoms with van der Waals surface area (Å²) in [6.45, 7) is 0. The molecule has 156 valence electrons. The summed E-state index contributed by atoms with van der Waals surface area (Å²) < 4.78 is 43.8. The van der Waals surface area contributed by atoms with Crippen molar-refractivity contribution in [1.82, 2.24) is 13.9 Å². The lowest BCUT2D eigenvalue weighted by Crippen LogP contribution is -2.32. The zero-order valence-electron chi connectivity index (χ0n) is 16.3. The van der Waals surface area contributed by atoms with E-state index in [9.17, 15) is 12.8 Å². The number of rotatable bonds is 2. The summed E-state index contributed by atoms with van der Waals surface area (Å²) in [7, 11) is -1.73. The first-order valence-electron chi connectivity index (χ1n) is 9.83. The first-order chi connectivity index (χ1) is 13.9. The molecule has 2 aliphatic rings. The molecule has 2 bridgehead atoms. The Bertz CT molecular complexity index is 1420. The van der Waals surface area contributed by atoms with Crippen molar-refractivity contribution in [2.75, 3.05) is 0 Å². The van der Waals surface area contributed by atoms with Gasteiger partial charge in [0, 0.05) is 53.7 Å². The van der Waals surface area contributed by atoms with Crippen LogP contribution in [0.5, 0.6) is 0 Å². The minimum Gasteiger partial charge on any atom is -0.347 e. The van der Waals surface area contributed by atoms with Gasteiger partial charge in [0.25, 0.3) is 10.0 Å². The van der Waals surface area contributed by atoms with Gasteiger partial charge in [-0.15, -0.1) is 12.4 Å². The van der Waals surface area contributed by atoms with Crippen molar-refractivity contribution in [3.63, 3.8) is 0 Å². The van der Waals surface area contributed by atoms with Crippen LogP contribution >= 0.6 is 12.4 Å². The third-order valence-electron chi connectivity index (χ3n) is 6.54. The Labute approximate surface area is 179 Å². The maximum absolute atomic E-state index is 13.5. The van der Waals surface area contributed by atoms with Crippen LogP contribution in [0.4, 0.5) is 4.39 Å². The van der Waals surface area contributed by atoms with Gasteiger partial charge in [0.15, 0.2) is 0 Å². The van der Waals surface area contributed by atoms with Gasteiger partial charge in [-0.1, -0.05) is 0 Å². The monoisotopic (exact) mass is 445 g/mol. The highest BCUT2D eigenvalue weighted by atomic mass is 35.5. The molecule has 1 saturated heterocycles. The van der Waals surface area contributed by atoms with Crippen LogP contribution in [0.25, 0.3) is 21.8 Å². The average Bonchev–Trinajstić information content (AvgIpc) is 3.37. The third-order valence-corrected chi connectivity index (χ3v) is 8.22. The Morgan fingerprint density at radius 2 is 1.87 bits per heavy atom. The molecule has 0 aliphatic carbocycles. The maximum atomic E-state index is 13.5. The summed E-state index contributed by atoms with van der Waals surface area (Å²) >= 11 is 0. The molecule has 5 nitrogen and oxygen atoms in total. The van der Waals surface area contributed by atoms with E-state index in [1.807, 2.05) is 6.07 Å². The zero-order chi connectivity index (χ0) is 19.9. The molecule has 30 heavy (non-hydrogen) atoms. The molecule has 0 amide bonds. The molecule has 2 unspecified atom stereocenters. The second-order valence-corrected chi connectivity index (χ2v) is 9.93. The number of benzene rings is 2. The normalized spacial score (nSPS) is 20.5. The van der Waals surface area contributed by atoms with Crippen LogP contribution < -0.4 is 5.32 Å². The van der Waals surface area contributed by atoms with Gasteiger partial charge in [-0.05, 0) is 60.9 Å². The minimum atomic E-state index is -3.79. The van der Waals surface area contributed by atoms with Crippen molar-refractivity contribution in [1.29, 1.82) is 0 Å². The molecule has 6 rings (SSSR count). The number of aryl methyl sites for hydroxylation is 1. The molecule has 4 heterocycles. The predicted octanol–water partition coefficient (Wildman–Crippen LogP) is 4.28. The highest BCUT2D eigenvalue weighted by molar-refractivity contribution is 7.90. The fourth-order valence-corrected chi connectivity index (χ4v) is 6.53. The highest BCUT2D eigenvalue weighted by Gasteiger charge is 2.36. The van der Waals surface area contributed by atoms with Gasteiger partial charge < -0.3 is 9.88 Å². The summed E-state index contributed by atoms with van der Waals surface area (Å²) in [5.74, 6) is -0.382. The lowest BCUT2D eigenvalue weighted by atomic mass is 9.99. The topological polar surface area (TPSA) is 56.0 Å². The van der Waals surface area contributed by atoms with Crippen molar-refractivity contribution in [3.05, 3.63) is 65.7 Å². The first-order valence-corrected chi connectivity index (χ1v) is 11.3. The molecule has 0 radical (unpaired) electrons. The van der Waals surface area contributed by atoms with Crippen LogP contribution in [0.2, 0.25) is 0 Å². The van der Waals surface area contributed by atoms with Crippen LogP contribution in [0.3, 0.4) is 0 Å². The first kappa shape index (κ1) is 19.6. The van der Waals surface area contributed by atoms with E-state index in [0.29, 0.717) is 23.0 Å². The lowest BCUT2D eigenvalue weighted by molar-refractivity contribution is 0.503. The van der Waals surface area contributed by atoms with Gasteiger partial charge in [0.2, 0.25) is 0 Å². The summed E-state index contributed by atoms with van der Waals surface area (Å²) in [4.78, 5) is 0.250. The van der Waals surface area contributed by atoms with Crippen LogP contribution in [-0.4, -0.2) is 23.0 Å². The molecule has 8 heteroatoms. The molecule has 1 N–H and O–H groups in total. The zero-order valence-corrected chi connectivity index (χ0v) is 17.9. The fraction of sp³-hybridized carbons (Fsp3) is 0.273. The molecule has 2 aromatic carbocycles. The Balaban J connectivity index is 0.00000193. The summed E-state index contributed by atoms with van der Waals surface area (Å²) in [6.07, 6.45) is 4.71. The molecular weight excluding hydrogens is 425 g/mol. The number of nitrogens with zero attached hydrogens (tertiary/aromatic N) is 2. The lowest BCUT2D eigenvalue weighted by Gasteiger charge is -2.23. The molecule has 1 fully saturated rings. The van der Waals surface area contributed by atoms with Crippen LogP contribution in [0.1, 0.15) is 30.1 Å². The number of hydrogen-bond donors (Lipinski definition) is 1. The van der Waals surface area contributed by atoms with E-state index >= 15 is 0 Å². The average molecular weight is 446 g/mol. The number of hydrogen-bond acceptors (Lipinski definition) is 3. The molecule has 2 aliphatic heterocycles.